The lowest BCUT2D eigenvalue weighted by Crippen LogP contribution is -2.08. The first-order chi connectivity index (χ1) is 7.54. The molecule has 0 saturated carbocycles. The highest BCUT2D eigenvalue weighted by Crippen LogP contribution is 2.20. The number of carbonyl (C=O) groups is 1. The minimum Gasteiger partial charge on any atom is -0.466 e. The highest BCUT2D eigenvalue weighted by Gasteiger charge is 2.08. The number of rotatable bonds is 4. The lowest BCUT2D eigenvalue weighted by atomic mass is 10.1. The maximum atomic E-state index is 11.2. The van der Waals surface area contributed by atoms with Crippen LogP contribution in [0.1, 0.15) is 24.6 Å². The van der Waals surface area contributed by atoms with Crippen molar-refractivity contribution >= 4 is 27.6 Å². The second-order valence-corrected chi connectivity index (χ2v) is 4.19. The molecule has 88 valence electrons. The number of nitrogens with two attached hydrogens (primary N) is 1. The van der Waals surface area contributed by atoms with Gasteiger partial charge in [0.2, 0.25) is 0 Å². The van der Waals surface area contributed by atoms with Crippen molar-refractivity contribution in [2.45, 2.75) is 26.7 Å². The van der Waals surface area contributed by atoms with Crippen molar-refractivity contribution in [3.8, 4) is 0 Å². The van der Waals surface area contributed by atoms with Crippen LogP contribution in [0.25, 0.3) is 0 Å². The van der Waals surface area contributed by atoms with Crippen LogP contribution in [-0.2, 0) is 16.0 Å². The summed E-state index contributed by atoms with van der Waals surface area (Å²) in [6.07, 6.45) is 0.810. The second-order valence-electron chi connectivity index (χ2n) is 3.44. The number of carbonyl (C=O) groups excluding carboxylic acids is 1. The number of halogens is 1. The molecule has 0 aliphatic carbocycles. The standard InChI is InChI=1S/C11H15BrN2O2/c1-3-16-10(15)5-4-9-8(13)6-7(2)11(12)14-9/h6H,3-5,13H2,1-2H3. The zero-order valence-corrected chi connectivity index (χ0v) is 11.0. The van der Waals surface area contributed by atoms with Crippen LogP contribution >= 0.6 is 15.9 Å². The molecule has 0 unspecified atom stereocenters. The summed E-state index contributed by atoms with van der Waals surface area (Å²) in [4.78, 5) is 15.5. The Hall–Kier alpha value is -1.10. The lowest BCUT2D eigenvalue weighted by molar-refractivity contribution is -0.143. The predicted octanol–water partition coefficient (Wildman–Crippen LogP) is 2.23. The third kappa shape index (κ3) is 3.48. The Bertz CT molecular complexity index is 394. The number of nitrogens with zero attached hydrogens (tertiary/aromatic N) is 1. The fourth-order valence-electron chi connectivity index (χ4n) is 1.30. The van der Waals surface area contributed by atoms with Crippen molar-refractivity contribution in [1.29, 1.82) is 0 Å². The Kier molecular flexibility index (Phi) is 4.73. The van der Waals surface area contributed by atoms with Crippen LogP contribution in [0, 0.1) is 6.92 Å². The number of anilines is 1. The van der Waals surface area contributed by atoms with E-state index < -0.39 is 0 Å². The summed E-state index contributed by atoms with van der Waals surface area (Å²) < 4.78 is 5.60. The highest BCUT2D eigenvalue weighted by atomic mass is 79.9. The van der Waals surface area contributed by atoms with E-state index in [1.807, 2.05) is 13.0 Å². The molecule has 1 aromatic rings. The van der Waals surface area contributed by atoms with Crippen LogP contribution in [0.4, 0.5) is 5.69 Å². The topological polar surface area (TPSA) is 65.2 Å². The molecule has 1 heterocycles. The van der Waals surface area contributed by atoms with Crippen LogP contribution in [0.5, 0.6) is 0 Å². The third-order valence-electron chi connectivity index (χ3n) is 2.14. The molecule has 0 saturated heterocycles. The normalized spacial score (nSPS) is 10.2. The number of hydrogen-bond donors (Lipinski definition) is 1. The number of nitrogen functional groups attached to an aromatic ring is 1. The van der Waals surface area contributed by atoms with E-state index in [0.717, 1.165) is 15.9 Å². The van der Waals surface area contributed by atoms with Gasteiger partial charge in [-0.15, -0.1) is 0 Å². The van der Waals surface area contributed by atoms with E-state index in [-0.39, 0.29) is 5.97 Å². The zero-order chi connectivity index (χ0) is 12.1. The lowest BCUT2D eigenvalue weighted by Gasteiger charge is -2.07. The van der Waals surface area contributed by atoms with Gasteiger partial charge in [-0.25, -0.2) is 4.98 Å². The molecule has 0 bridgehead atoms. The summed E-state index contributed by atoms with van der Waals surface area (Å²) in [5, 5.41) is 0. The van der Waals surface area contributed by atoms with Crippen LogP contribution < -0.4 is 5.73 Å². The summed E-state index contributed by atoms with van der Waals surface area (Å²) >= 11 is 3.34. The van der Waals surface area contributed by atoms with Crippen LogP contribution in [0.2, 0.25) is 0 Å². The summed E-state index contributed by atoms with van der Waals surface area (Å²) in [7, 11) is 0. The maximum absolute atomic E-state index is 11.2. The van der Waals surface area contributed by atoms with Gasteiger partial charge >= 0.3 is 5.97 Å². The molecule has 0 aliphatic heterocycles. The van der Waals surface area contributed by atoms with Crippen molar-refractivity contribution in [1.82, 2.24) is 4.98 Å². The van der Waals surface area contributed by atoms with E-state index in [1.54, 1.807) is 6.92 Å². The Balaban J connectivity index is 2.67. The second kappa shape index (κ2) is 5.84. The summed E-state index contributed by atoms with van der Waals surface area (Å²) in [5.74, 6) is -0.222. The Morgan fingerprint density at radius 2 is 2.31 bits per heavy atom. The van der Waals surface area contributed by atoms with E-state index in [4.69, 9.17) is 10.5 Å². The fraction of sp³-hybridized carbons (Fsp3) is 0.455. The molecule has 0 atom stereocenters. The van der Waals surface area contributed by atoms with E-state index in [1.165, 1.54) is 0 Å². The minimum absolute atomic E-state index is 0.222. The van der Waals surface area contributed by atoms with Crippen molar-refractivity contribution in [3.63, 3.8) is 0 Å². The van der Waals surface area contributed by atoms with Gasteiger partial charge < -0.3 is 10.5 Å². The van der Waals surface area contributed by atoms with E-state index in [0.29, 0.717) is 25.1 Å². The average Bonchev–Trinajstić information content (AvgIpc) is 2.22. The van der Waals surface area contributed by atoms with Gasteiger partial charge in [-0.1, -0.05) is 0 Å². The molecule has 0 fully saturated rings. The number of aromatic nitrogens is 1. The number of aryl methyl sites for hydroxylation is 2. The van der Waals surface area contributed by atoms with Crippen LogP contribution in [0.15, 0.2) is 10.7 Å². The summed E-state index contributed by atoms with van der Waals surface area (Å²) in [5.41, 5.74) is 8.14. The molecule has 0 radical (unpaired) electrons. The minimum atomic E-state index is -0.222. The zero-order valence-electron chi connectivity index (χ0n) is 9.42. The summed E-state index contributed by atoms with van der Waals surface area (Å²) in [6, 6.07) is 1.84. The molecular formula is C11H15BrN2O2. The van der Waals surface area contributed by atoms with Crippen molar-refractivity contribution in [2.75, 3.05) is 12.3 Å². The van der Waals surface area contributed by atoms with E-state index >= 15 is 0 Å². The third-order valence-corrected chi connectivity index (χ3v) is 2.94. The predicted molar refractivity (Wildman–Crippen MR) is 66.0 cm³/mol. The molecule has 2 N–H and O–H groups in total. The van der Waals surface area contributed by atoms with Crippen LogP contribution in [-0.4, -0.2) is 17.6 Å². The first kappa shape index (κ1) is 13.0. The number of ether oxygens (including phenoxy) is 1. The molecule has 16 heavy (non-hydrogen) atoms. The maximum Gasteiger partial charge on any atom is 0.306 e. The van der Waals surface area contributed by atoms with Gasteiger partial charge in [-0.2, -0.15) is 0 Å². The van der Waals surface area contributed by atoms with Gasteiger partial charge in [0.05, 0.1) is 24.4 Å². The molecule has 5 heteroatoms. The van der Waals surface area contributed by atoms with Gasteiger partial charge in [-0.3, -0.25) is 4.79 Å². The number of esters is 1. The largest absolute Gasteiger partial charge is 0.466 e. The van der Waals surface area contributed by atoms with Gasteiger partial charge in [-0.05, 0) is 41.4 Å². The van der Waals surface area contributed by atoms with E-state index in [2.05, 4.69) is 20.9 Å². The molecule has 4 nitrogen and oxygen atoms in total. The van der Waals surface area contributed by atoms with Crippen molar-refractivity contribution in [3.05, 3.63) is 21.9 Å². The Morgan fingerprint density at radius 3 is 2.94 bits per heavy atom. The first-order valence-electron chi connectivity index (χ1n) is 5.11. The average molecular weight is 287 g/mol. The smallest absolute Gasteiger partial charge is 0.306 e. The Labute approximate surface area is 103 Å². The van der Waals surface area contributed by atoms with Gasteiger partial charge in [0.25, 0.3) is 0 Å². The van der Waals surface area contributed by atoms with E-state index in [9.17, 15) is 4.79 Å². The number of pyridine rings is 1. The van der Waals surface area contributed by atoms with Crippen LogP contribution in [0.3, 0.4) is 0 Å². The van der Waals surface area contributed by atoms with Crippen molar-refractivity contribution in [2.24, 2.45) is 0 Å². The van der Waals surface area contributed by atoms with Gasteiger partial charge in [0, 0.05) is 6.42 Å². The van der Waals surface area contributed by atoms with Gasteiger partial charge in [0.1, 0.15) is 4.60 Å². The summed E-state index contributed by atoms with van der Waals surface area (Å²) in [6.45, 7) is 4.11. The molecule has 0 aromatic carbocycles. The SMILES string of the molecule is CCOC(=O)CCc1nc(Br)c(C)cc1N. The first-order valence-corrected chi connectivity index (χ1v) is 5.91. The molecule has 0 spiro atoms. The van der Waals surface area contributed by atoms with Crippen molar-refractivity contribution < 1.29 is 9.53 Å². The fourth-order valence-corrected chi connectivity index (χ4v) is 1.63. The monoisotopic (exact) mass is 286 g/mol. The Morgan fingerprint density at radius 1 is 1.62 bits per heavy atom. The molecular weight excluding hydrogens is 272 g/mol. The molecule has 0 amide bonds. The molecule has 1 rings (SSSR count). The molecule has 1 aromatic heterocycles. The number of hydrogen-bond acceptors (Lipinski definition) is 4. The highest BCUT2D eigenvalue weighted by molar-refractivity contribution is 9.10. The quantitative estimate of drug-likeness (QED) is 0.681. The van der Waals surface area contributed by atoms with Gasteiger partial charge in [0.15, 0.2) is 0 Å². The molecule has 0 aliphatic rings.